The topological polar surface area (TPSA) is 54.9 Å². The van der Waals surface area contributed by atoms with E-state index in [1.54, 1.807) is 29.5 Å². The Morgan fingerprint density at radius 3 is 2.87 bits per heavy atom. The summed E-state index contributed by atoms with van der Waals surface area (Å²) in [6.07, 6.45) is 0. The molecule has 0 aliphatic carbocycles. The van der Waals surface area contributed by atoms with Gasteiger partial charge in [-0.25, -0.2) is 9.97 Å². The zero-order valence-electron chi connectivity index (χ0n) is 12.0. The van der Waals surface area contributed by atoms with Gasteiger partial charge in [0.15, 0.2) is 5.16 Å². The van der Waals surface area contributed by atoms with Crippen molar-refractivity contribution in [2.45, 2.75) is 12.1 Å². The number of hydrogen-bond acceptors (Lipinski definition) is 5. The third-order valence-corrected chi connectivity index (χ3v) is 5.34. The Balaban J connectivity index is 1.68. The Labute approximate surface area is 151 Å². The SMILES string of the molecule is Cc1cc2c(Cl)nc(SCC(=O)Nc3ccccc3Cl)nc2s1. The highest BCUT2D eigenvalue weighted by Gasteiger charge is 2.12. The van der Waals surface area contributed by atoms with Gasteiger partial charge in [-0.05, 0) is 25.1 Å². The van der Waals surface area contributed by atoms with Gasteiger partial charge in [-0.15, -0.1) is 11.3 Å². The van der Waals surface area contributed by atoms with Gasteiger partial charge in [-0.3, -0.25) is 4.79 Å². The number of halogens is 2. The number of aryl methyl sites for hydroxylation is 1. The summed E-state index contributed by atoms with van der Waals surface area (Å²) in [5, 5.41) is 5.00. The molecule has 0 radical (unpaired) electrons. The molecule has 118 valence electrons. The second kappa shape index (κ2) is 7.05. The van der Waals surface area contributed by atoms with Gasteiger partial charge in [0.2, 0.25) is 5.91 Å². The summed E-state index contributed by atoms with van der Waals surface area (Å²) in [5.74, 6) is 0.00233. The minimum absolute atomic E-state index is 0.176. The van der Waals surface area contributed by atoms with Crippen LogP contribution in [0.15, 0.2) is 35.5 Å². The van der Waals surface area contributed by atoms with Crippen LogP contribution in [0, 0.1) is 6.92 Å². The number of thiophene rings is 1. The minimum Gasteiger partial charge on any atom is -0.324 e. The molecule has 0 unspecified atom stereocenters. The number of para-hydroxylation sites is 1. The fraction of sp³-hybridized carbons (Fsp3) is 0.133. The maximum Gasteiger partial charge on any atom is 0.234 e. The molecule has 23 heavy (non-hydrogen) atoms. The molecule has 0 saturated heterocycles. The lowest BCUT2D eigenvalue weighted by molar-refractivity contribution is -0.113. The van der Waals surface area contributed by atoms with Gasteiger partial charge in [0.1, 0.15) is 9.98 Å². The zero-order valence-corrected chi connectivity index (χ0v) is 15.1. The van der Waals surface area contributed by atoms with Crippen LogP contribution in [0.5, 0.6) is 0 Å². The first-order valence-electron chi connectivity index (χ1n) is 6.64. The number of aromatic nitrogens is 2. The smallest absolute Gasteiger partial charge is 0.234 e. The fourth-order valence-corrected chi connectivity index (χ4v) is 4.03. The van der Waals surface area contributed by atoms with Crippen molar-refractivity contribution < 1.29 is 4.79 Å². The quantitative estimate of drug-likeness (QED) is 0.389. The summed E-state index contributed by atoms with van der Waals surface area (Å²) < 4.78 is 0. The molecule has 0 atom stereocenters. The van der Waals surface area contributed by atoms with Crippen molar-refractivity contribution in [3.05, 3.63) is 45.4 Å². The maximum absolute atomic E-state index is 12.0. The number of carbonyl (C=O) groups is 1. The van der Waals surface area contributed by atoms with Gasteiger partial charge in [-0.1, -0.05) is 47.1 Å². The van der Waals surface area contributed by atoms with Crippen LogP contribution >= 0.6 is 46.3 Å². The Bertz CT molecular complexity index is 882. The third kappa shape index (κ3) is 3.95. The largest absolute Gasteiger partial charge is 0.324 e. The molecular formula is C15H11Cl2N3OS2. The molecule has 1 amide bonds. The number of thioether (sulfide) groups is 1. The number of benzene rings is 1. The van der Waals surface area contributed by atoms with Crippen molar-refractivity contribution in [1.29, 1.82) is 0 Å². The first-order valence-corrected chi connectivity index (χ1v) is 9.19. The lowest BCUT2D eigenvalue weighted by Crippen LogP contribution is -2.14. The normalized spacial score (nSPS) is 10.9. The molecule has 1 N–H and O–H groups in total. The molecule has 2 heterocycles. The van der Waals surface area contributed by atoms with Crippen LogP contribution in [0.1, 0.15) is 4.88 Å². The number of hydrogen-bond donors (Lipinski definition) is 1. The monoisotopic (exact) mass is 383 g/mol. The molecule has 2 aromatic heterocycles. The minimum atomic E-state index is -0.176. The van der Waals surface area contributed by atoms with E-state index < -0.39 is 0 Å². The summed E-state index contributed by atoms with van der Waals surface area (Å²) >= 11 is 15.0. The van der Waals surface area contributed by atoms with E-state index in [1.807, 2.05) is 19.1 Å². The van der Waals surface area contributed by atoms with Crippen molar-refractivity contribution in [2.75, 3.05) is 11.1 Å². The van der Waals surface area contributed by atoms with E-state index in [1.165, 1.54) is 11.8 Å². The standard InChI is InChI=1S/C15H11Cl2N3OS2/c1-8-6-9-13(17)19-15(20-14(9)23-8)22-7-12(21)18-11-5-3-2-4-10(11)16/h2-6H,7H2,1H3,(H,18,21). The summed E-state index contributed by atoms with van der Waals surface area (Å²) in [6, 6.07) is 9.05. The maximum atomic E-state index is 12.0. The molecular weight excluding hydrogens is 373 g/mol. The molecule has 8 heteroatoms. The first kappa shape index (κ1) is 16.5. The molecule has 0 spiro atoms. The van der Waals surface area contributed by atoms with Crippen LogP contribution in [0.4, 0.5) is 5.69 Å². The van der Waals surface area contributed by atoms with E-state index >= 15 is 0 Å². The van der Waals surface area contributed by atoms with Gasteiger partial charge in [-0.2, -0.15) is 0 Å². The van der Waals surface area contributed by atoms with Crippen molar-refractivity contribution in [3.63, 3.8) is 0 Å². The number of fused-ring (bicyclic) bond motifs is 1. The van der Waals surface area contributed by atoms with Crippen LogP contribution in [-0.2, 0) is 4.79 Å². The highest BCUT2D eigenvalue weighted by atomic mass is 35.5. The van der Waals surface area contributed by atoms with Crippen LogP contribution in [0.3, 0.4) is 0 Å². The van der Waals surface area contributed by atoms with Crippen molar-refractivity contribution in [1.82, 2.24) is 9.97 Å². The highest BCUT2D eigenvalue weighted by Crippen LogP contribution is 2.30. The number of nitrogens with zero attached hydrogens (tertiary/aromatic N) is 2. The lowest BCUT2D eigenvalue weighted by Gasteiger charge is -2.06. The number of carbonyl (C=O) groups excluding carboxylic acids is 1. The Kier molecular flexibility index (Phi) is 5.06. The van der Waals surface area contributed by atoms with Crippen molar-refractivity contribution in [3.8, 4) is 0 Å². The lowest BCUT2D eigenvalue weighted by atomic mass is 10.3. The molecule has 1 aromatic carbocycles. The van der Waals surface area contributed by atoms with Gasteiger partial charge < -0.3 is 5.32 Å². The Morgan fingerprint density at radius 1 is 1.30 bits per heavy atom. The van der Waals surface area contributed by atoms with E-state index in [2.05, 4.69) is 15.3 Å². The number of amides is 1. The molecule has 4 nitrogen and oxygen atoms in total. The van der Waals surface area contributed by atoms with Crippen LogP contribution < -0.4 is 5.32 Å². The molecule has 3 aromatic rings. The van der Waals surface area contributed by atoms with Crippen molar-refractivity contribution in [2.24, 2.45) is 0 Å². The van der Waals surface area contributed by atoms with Crippen LogP contribution in [0.25, 0.3) is 10.2 Å². The first-order chi connectivity index (χ1) is 11.0. The fourth-order valence-electron chi connectivity index (χ4n) is 1.93. The number of anilines is 1. The average Bonchev–Trinajstić information content (AvgIpc) is 2.89. The summed E-state index contributed by atoms with van der Waals surface area (Å²) in [7, 11) is 0. The Morgan fingerprint density at radius 2 is 2.09 bits per heavy atom. The van der Waals surface area contributed by atoms with E-state index in [-0.39, 0.29) is 11.7 Å². The highest BCUT2D eigenvalue weighted by molar-refractivity contribution is 7.99. The van der Waals surface area contributed by atoms with Crippen molar-refractivity contribution >= 4 is 68.1 Å². The van der Waals surface area contributed by atoms with E-state index in [0.29, 0.717) is 21.0 Å². The third-order valence-electron chi connectivity index (χ3n) is 2.93. The average molecular weight is 384 g/mol. The number of rotatable bonds is 4. The van der Waals surface area contributed by atoms with Gasteiger partial charge >= 0.3 is 0 Å². The zero-order chi connectivity index (χ0) is 16.4. The van der Waals surface area contributed by atoms with E-state index in [4.69, 9.17) is 23.2 Å². The summed E-state index contributed by atoms with van der Waals surface area (Å²) in [5.41, 5.74) is 0.586. The predicted molar refractivity (Wildman–Crippen MR) is 98.0 cm³/mol. The molecule has 0 bridgehead atoms. The number of nitrogens with one attached hydrogen (secondary N) is 1. The second-order valence-corrected chi connectivity index (χ2v) is 7.63. The molecule has 0 aliphatic heterocycles. The van der Waals surface area contributed by atoms with E-state index in [0.717, 1.165) is 15.1 Å². The van der Waals surface area contributed by atoms with Crippen LogP contribution in [0.2, 0.25) is 10.2 Å². The van der Waals surface area contributed by atoms with Crippen LogP contribution in [-0.4, -0.2) is 21.6 Å². The molecule has 0 aliphatic rings. The summed E-state index contributed by atoms with van der Waals surface area (Å²) in [6.45, 7) is 1.99. The predicted octanol–water partition coefficient (Wildman–Crippen LogP) is 5.04. The molecule has 3 rings (SSSR count). The second-order valence-electron chi connectivity index (χ2n) is 4.69. The summed E-state index contributed by atoms with van der Waals surface area (Å²) in [4.78, 5) is 22.6. The van der Waals surface area contributed by atoms with Gasteiger partial charge in [0, 0.05) is 10.3 Å². The molecule has 0 saturated carbocycles. The van der Waals surface area contributed by atoms with Gasteiger partial charge in [0.05, 0.1) is 16.5 Å². The Hall–Kier alpha value is -1.34. The van der Waals surface area contributed by atoms with Gasteiger partial charge in [0.25, 0.3) is 0 Å². The van der Waals surface area contributed by atoms with E-state index in [9.17, 15) is 4.79 Å². The molecule has 0 fully saturated rings.